The molecule has 2 aliphatic rings. The number of carbonyl (C=O) groups is 2. The van der Waals surface area contributed by atoms with Crippen molar-refractivity contribution in [1.29, 1.82) is 0 Å². The lowest BCUT2D eigenvalue weighted by molar-refractivity contribution is -0.126. The Morgan fingerprint density at radius 1 is 1.03 bits per heavy atom. The van der Waals surface area contributed by atoms with Gasteiger partial charge in [-0.15, -0.1) is 0 Å². The van der Waals surface area contributed by atoms with Gasteiger partial charge in [0.2, 0.25) is 5.91 Å². The van der Waals surface area contributed by atoms with E-state index in [4.69, 9.17) is 9.47 Å². The van der Waals surface area contributed by atoms with Crippen molar-refractivity contribution in [2.24, 2.45) is 5.92 Å². The minimum absolute atomic E-state index is 0.0135. The van der Waals surface area contributed by atoms with Gasteiger partial charge in [0.25, 0.3) is 5.91 Å². The van der Waals surface area contributed by atoms with Gasteiger partial charge in [0.05, 0.1) is 13.2 Å². The summed E-state index contributed by atoms with van der Waals surface area (Å²) in [6.45, 7) is 3.93. The highest BCUT2D eigenvalue weighted by molar-refractivity contribution is 5.95. The molecule has 2 atom stereocenters. The van der Waals surface area contributed by atoms with E-state index in [0.717, 1.165) is 32.1 Å². The highest BCUT2D eigenvalue weighted by atomic mass is 16.5. The van der Waals surface area contributed by atoms with Gasteiger partial charge in [-0.3, -0.25) is 9.59 Å². The monoisotopic (exact) mass is 402 g/mol. The molecule has 2 fully saturated rings. The molecule has 2 aliphatic carbocycles. The van der Waals surface area contributed by atoms with Crippen LogP contribution >= 0.6 is 0 Å². The summed E-state index contributed by atoms with van der Waals surface area (Å²) in [5.41, 5.74) is 0.550. The van der Waals surface area contributed by atoms with Gasteiger partial charge in [-0.1, -0.05) is 6.42 Å². The normalized spacial score (nSPS) is 22.3. The molecule has 160 valence electrons. The van der Waals surface area contributed by atoms with Crippen LogP contribution in [-0.4, -0.2) is 37.1 Å². The number of hydrogen-bond donors (Lipinski definition) is 2. The molecule has 1 aromatic carbocycles. The standard InChI is InChI=1S/C23H34N2O4/c1-15(2)24-22(26)16-7-6-8-18(13-16)25-23(27)17-11-12-20(21(14-17)28-3)29-19-9-4-5-10-19/h11-12,14-16,18-19H,4-10,13H2,1-3H3,(H,24,26)(H,25,27). The maximum absolute atomic E-state index is 12.8. The first kappa shape index (κ1) is 21.5. The van der Waals surface area contributed by atoms with Crippen LogP contribution < -0.4 is 20.1 Å². The zero-order valence-corrected chi connectivity index (χ0v) is 17.8. The third-order valence-corrected chi connectivity index (χ3v) is 5.83. The molecule has 2 amide bonds. The molecule has 1 aromatic rings. The first-order valence-corrected chi connectivity index (χ1v) is 10.9. The highest BCUT2D eigenvalue weighted by Gasteiger charge is 2.29. The maximum Gasteiger partial charge on any atom is 0.251 e. The van der Waals surface area contributed by atoms with Gasteiger partial charge in [0.1, 0.15) is 0 Å². The fraction of sp³-hybridized carbons (Fsp3) is 0.652. The molecule has 29 heavy (non-hydrogen) atoms. The summed E-state index contributed by atoms with van der Waals surface area (Å²) in [5.74, 6) is 1.20. The molecule has 0 radical (unpaired) electrons. The Kier molecular flexibility index (Phi) is 7.40. The van der Waals surface area contributed by atoms with Crippen molar-refractivity contribution in [3.05, 3.63) is 23.8 Å². The van der Waals surface area contributed by atoms with Crippen LogP contribution in [0.15, 0.2) is 18.2 Å². The Labute approximate surface area is 173 Å². The van der Waals surface area contributed by atoms with Crippen LogP contribution in [0.5, 0.6) is 11.5 Å². The molecule has 6 heteroatoms. The first-order chi connectivity index (χ1) is 14.0. The lowest BCUT2D eigenvalue weighted by Crippen LogP contribution is -2.43. The zero-order chi connectivity index (χ0) is 20.8. The molecule has 0 spiro atoms. The van der Waals surface area contributed by atoms with Crippen LogP contribution in [0.1, 0.15) is 75.6 Å². The summed E-state index contributed by atoms with van der Waals surface area (Å²) in [6.07, 6.45) is 8.18. The van der Waals surface area contributed by atoms with Crippen LogP contribution in [0.2, 0.25) is 0 Å². The van der Waals surface area contributed by atoms with Crippen molar-refractivity contribution in [3.8, 4) is 11.5 Å². The van der Waals surface area contributed by atoms with Gasteiger partial charge in [-0.05, 0) is 77.0 Å². The number of methoxy groups -OCH3 is 1. The first-order valence-electron chi connectivity index (χ1n) is 10.9. The Hall–Kier alpha value is -2.24. The van der Waals surface area contributed by atoms with E-state index in [1.807, 2.05) is 19.9 Å². The fourth-order valence-corrected chi connectivity index (χ4v) is 4.32. The summed E-state index contributed by atoms with van der Waals surface area (Å²) >= 11 is 0. The van der Waals surface area contributed by atoms with Crippen molar-refractivity contribution in [1.82, 2.24) is 10.6 Å². The largest absolute Gasteiger partial charge is 0.493 e. The molecule has 0 bridgehead atoms. The summed E-state index contributed by atoms with van der Waals surface area (Å²) in [4.78, 5) is 25.1. The Morgan fingerprint density at radius 2 is 1.79 bits per heavy atom. The summed E-state index contributed by atoms with van der Waals surface area (Å²) in [5, 5.41) is 6.09. The van der Waals surface area contributed by atoms with E-state index in [1.165, 1.54) is 12.8 Å². The Bertz CT molecular complexity index is 713. The van der Waals surface area contributed by atoms with Crippen molar-refractivity contribution < 1.29 is 19.1 Å². The van der Waals surface area contributed by atoms with Crippen LogP contribution in [0.3, 0.4) is 0 Å². The van der Waals surface area contributed by atoms with Crippen molar-refractivity contribution >= 4 is 11.8 Å². The molecule has 0 aliphatic heterocycles. The number of carbonyl (C=O) groups excluding carboxylic acids is 2. The second-order valence-corrected chi connectivity index (χ2v) is 8.59. The van der Waals surface area contributed by atoms with Gasteiger partial charge in [0.15, 0.2) is 11.5 Å². The molecule has 2 unspecified atom stereocenters. The van der Waals surface area contributed by atoms with Gasteiger partial charge < -0.3 is 20.1 Å². The highest BCUT2D eigenvalue weighted by Crippen LogP contribution is 2.32. The zero-order valence-electron chi connectivity index (χ0n) is 17.8. The Balaban J connectivity index is 1.60. The van der Waals surface area contributed by atoms with E-state index in [9.17, 15) is 9.59 Å². The van der Waals surface area contributed by atoms with Crippen molar-refractivity contribution in [2.75, 3.05) is 7.11 Å². The molecule has 2 saturated carbocycles. The summed E-state index contributed by atoms with van der Waals surface area (Å²) in [7, 11) is 1.59. The quantitative estimate of drug-likeness (QED) is 0.727. The molecular weight excluding hydrogens is 368 g/mol. The predicted octanol–water partition coefficient (Wildman–Crippen LogP) is 3.83. The van der Waals surface area contributed by atoms with Crippen LogP contribution in [-0.2, 0) is 4.79 Å². The molecule has 0 saturated heterocycles. The van der Waals surface area contributed by atoms with Gasteiger partial charge in [0, 0.05) is 23.6 Å². The average Bonchev–Trinajstić information content (AvgIpc) is 3.21. The van der Waals surface area contributed by atoms with Crippen LogP contribution in [0, 0.1) is 5.92 Å². The molecular formula is C23H34N2O4. The minimum atomic E-state index is -0.134. The topological polar surface area (TPSA) is 76.7 Å². The Morgan fingerprint density at radius 3 is 2.48 bits per heavy atom. The minimum Gasteiger partial charge on any atom is -0.493 e. The van der Waals surface area contributed by atoms with Crippen LogP contribution in [0.4, 0.5) is 0 Å². The fourth-order valence-electron chi connectivity index (χ4n) is 4.32. The van der Waals surface area contributed by atoms with Crippen molar-refractivity contribution in [3.63, 3.8) is 0 Å². The van der Waals surface area contributed by atoms with Gasteiger partial charge >= 0.3 is 0 Å². The van der Waals surface area contributed by atoms with E-state index in [-0.39, 0.29) is 35.9 Å². The van der Waals surface area contributed by atoms with E-state index in [0.29, 0.717) is 23.5 Å². The third-order valence-electron chi connectivity index (χ3n) is 5.83. The second-order valence-electron chi connectivity index (χ2n) is 8.59. The molecule has 6 nitrogen and oxygen atoms in total. The number of hydrogen-bond acceptors (Lipinski definition) is 4. The predicted molar refractivity (Wildman–Crippen MR) is 112 cm³/mol. The van der Waals surface area contributed by atoms with E-state index in [1.54, 1.807) is 19.2 Å². The maximum atomic E-state index is 12.8. The van der Waals surface area contributed by atoms with Gasteiger partial charge in [-0.25, -0.2) is 0 Å². The lowest BCUT2D eigenvalue weighted by Gasteiger charge is -2.29. The number of amides is 2. The average molecular weight is 403 g/mol. The van der Waals surface area contributed by atoms with E-state index < -0.39 is 0 Å². The number of benzene rings is 1. The van der Waals surface area contributed by atoms with Crippen LogP contribution in [0.25, 0.3) is 0 Å². The van der Waals surface area contributed by atoms with E-state index >= 15 is 0 Å². The number of nitrogens with one attached hydrogen (secondary N) is 2. The molecule has 2 N–H and O–H groups in total. The van der Waals surface area contributed by atoms with Crippen molar-refractivity contribution in [2.45, 2.75) is 83.4 Å². The smallest absolute Gasteiger partial charge is 0.251 e. The summed E-state index contributed by atoms with van der Waals surface area (Å²) in [6, 6.07) is 5.50. The summed E-state index contributed by atoms with van der Waals surface area (Å²) < 4.78 is 11.5. The van der Waals surface area contributed by atoms with Gasteiger partial charge in [-0.2, -0.15) is 0 Å². The SMILES string of the molecule is COc1cc(C(=O)NC2CCCC(C(=O)NC(C)C)C2)ccc1OC1CCCC1. The lowest BCUT2D eigenvalue weighted by atomic mass is 9.85. The molecule has 3 rings (SSSR count). The molecule has 0 aromatic heterocycles. The second kappa shape index (κ2) is 9.99. The molecule has 0 heterocycles. The number of ether oxygens (including phenoxy) is 2. The number of rotatable bonds is 7. The van der Waals surface area contributed by atoms with E-state index in [2.05, 4.69) is 10.6 Å². The third kappa shape index (κ3) is 5.87.